The lowest BCUT2D eigenvalue weighted by Crippen LogP contribution is -2.16. The van der Waals surface area contributed by atoms with Gasteiger partial charge in [0.15, 0.2) is 5.58 Å². The molecule has 14 rings (SSSR count). The summed E-state index contributed by atoms with van der Waals surface area (Å²) in [5.74, 6) is 0. The van der Waals surface area contributed by atoms with Crippen LogP contribution in [0.25, 0.3) is 84.5 Å². The normalized spacial score (nSPS) is 13.0. The number of fused-ring (bicyclic) bond motifs is 12. The van der Waals surface area contributed by atoms with E-state index in [0.29, 0.717) is 0 Å². The molecule has 7 heteroatoms. The molecule has 0 unspecified atom stereocenters. The van der Waals surface area contributed by atoms with Crippen LogP contribution in [0.2, 0.25) is 0 Å². The predicted octanol–water partition coefficient (Wildman–Crippen LogP) is 20.8. The van der Waals surface area contributed by atoms with E-state index in [9.17, 15) is 0 Å². The minimum atomic E-state index is -0.150. The van der Waals surface area contributed by atoms with Crippen molar-refractivity contribution in [3.63, 3.8) is 0 Å². The van der Waals surface area contributed by atoms with Crippen LogP contribution in [-0.2, 0) is 5.41 Å². The van der Waals surface area contributed by atoms with E-state index in [0.717, 1.165) is 70.4 Å². The maximum absolute atomic E-state index is 7.09. The molecular weight excluding hydrogens is 1020 g/mol. The van der Waals surface area contributed by atoms with Gasteiger partial charge in [0.2, 0.25) is 0 Å². The summed E-state index contributed by atoms with van der Waals surface area (Å²) in [6.07, 6.45) is 0. The molecule has 334 valence electrons. The average Bonchev–Trinajstić information content (AvgIpc) is 4.14. The van der Waals surface area contributed by atoms with Crippen molar-refractivity contribution in [3.8, 4) is 22.3 Å². The second-order valence-corrected chi connectivity index (χ2v) is 22.6. The second-order valence-electron chi connectivity index (χ2n) is 18.6. The number of para-hydroxylation sites is 1. The highest BCUT2D eigenvalue weighted by Crippen LogP contribution is 2.56. The summed E-state index contributed by atoms with van der Waals surface area (Å²) in [6.45, 7) is 4.69. The van der Waals surface area contributed by atoms with E-state index in [1.54, 1.807) is 0 Å². The van der Waals surface area contributed by atoms with Gasteiger partial charge in [-0.25, -0.2) is 0 Å². The summed E-state index contributed by atoms with van der Waals surface area (Å²) < 4.78 is 14.2. The van der Waals surface area contributed by atoms with Crippen LogP contribution in [0.4, 0.5) is 34.1 Å². The Hall–Kier alpha value is -7.00. The second kappa shape index (κ2) is 16.0. The lowest BCUT2D eigenvalue weighted by Gasteiger charge is -2.29. The van der Waals surface area contributed by atoms with Crippen molar-refractivity contribution in [3.05, 3.63) is 226 Å². The first-order valence-electron chi connectivity index (χ1n) is 23.4. The molecule has 0 radical (unpaired) electrons. The maximum atomic E-state index is 7.09. The molecule has 0 spiro atoms. The van der Waals surface area contributed by atoms with E-state index in [4.69, 9.17) is 4.42 Å². The molecule has 0 N–H and O–H groups in total. The SMILES string of the molecule is CC1(C)c2ccccc2-c2c(N(c3ccc(Br)cc3)c3ccc(-c4ccc5c(c4)sc4c(N(c6ccc(Br)cc6)c6cccc7c6sc6ccccc67)cccc45)c4c3oc3ccccc34)cccc21. The number of hydrogen-bond donors (Lipinski definition) is 0. The number of benzene rings is 10. The van der Waals surface area contributed by atoms with E-state index < -0.39 is 0 Å². The Morgan fingerprint density at radius 3 is 1.71 bits per heavy atom. The third-order valence-corrected chi connectivity index (χ3v) is 17.9. The van der Waals surface area contributed by atoms with Gasteiger partial charge in [-0.2, -0.15) is 0 Å². The van der Waals surface area contributed by atoms with Crippen LogP contribution in [0.5, 0.6) is 0 Å². The molecule has 0 aliphatic heterocycles. The van der Waals surface area contributed by atoms with Crippen LogP contribution in [0.15, 0.2) is 220 Å². The van der Waals surface area contributed by atoms with Crippen LogP contribution >= 0.6 is 54.5 Å². The fourth-order valence-corrected chi connectivity index (χ4v) is 14.2. The molecule has 70 heavy (non-hydrogen) atoms. The summed E-state index contributed by atoms with van der Waals surface area (Å²) in [7, 11) is 0. The highest BCUT2D eigenvalue weighted by Gasteiger charge is 2.38. The molecule has 3 aromatic heterocycles. The molecule has 13 aromatic rings. The van der Waals surface area contributed by atoms with Crippen molar-refractivity contribution in [2.45, 2.75) is 19.3 Å². The lowest BCUT2D eigenvalue weighted by molar-refractivity contribution is 0.660. The highest BCUT2D eigenvalue weighted by molar-refractivity contribution is 9.10. The van der Waals surface area contributed by atoms with Crippen molar-refractivity contribution in [1.82, 2.24) is 0 Å². The molecule has 0 amide bonds. The molecule has 1 aliphatic carbocycles. The quantitative estimate of drug-likeness (QED) is 0.159. The molecule has 0 atom stereocenters. The molecule has 0 bridgehead atoms. The smallest absolute Gasteiger partial charge is 0.160 e. The monoisotopic (exact) mass is 1060 g/mol. The average molecular weight is 1060 g/mol. The first kappa shape index (κ1) is 41.9. The molecule has 0 saturated heterocycles. The minimum absolute atomic E-state index is 0.150. The topological polar surface area (TPSA) is 19.6 Å². The van der Waals surface area contributed by atoms with Gasteiger partial charge in [0, 0.05) is 73.0 Å². The zero-order chi connectivity index (χ0) is 46.8. The molecule has 3 nitrogen and oxygen atoms in total. The van der Waals surface area contributed by atoms with Gasteiger partial charge < -0.3 is 14.2 Å². The first-order chi connectivity index (χ1) is 34.3. The Morgan fingerprint density at radius 2 is 0.986 bits per heavy atom. The van der Waals surface area contributed by atoms with Crippen molar-refractivity contribution in [2.75, 3.05) is 9.80 Å². The van der Waals surface area contributed by atoms with E-state index in [1.807, 2.05) is 22.7 Å². The van der Waals surface area contributed by atoms with Crippen molar-refractivity contribution in [2.24, 2.45) is 0 Å². The van der Waals surface area contributed by atoms with Gasteiger partial charge in [-0.15, -0.1) is 22.7 Å². The molecule has 10 aromatic carbocycles. The Kier molecular flexibility index (Phi) is 9.60. The number of anilines is 6. The number of halogens is 2. The van der Waals surface area contributed by atoms with E-state index >= 15 is 0 Å². The van der Waals surface area contributed by atoms with Gasteiger partial charge in [-0.05, 0) is 119 Å². The largest absolute Gasteiger partial charge is 0.454 e. The van der Waals surface area contributed by atoms with Crippen LogP contribution in [0, 0.1) is 0 Å². The summed E-state index contributed by atoms with van der Waals surface area (Å²) in [5.41, 5.74) is 15.6. The standard InChI is InChI=1S/C63H40Br2N2OS2/c1-63(2)49-17-6-3-13-47(49)59-50(63)18-11-19-51(59)66(40-29-25-38(64)26-30-40)52-35-34-42(58-48-14-4-7-22-55(48)68-60(52)58)37-24-33-44-46-16-10-21-54(62(46)70-57(44)36-37)67(41-31-27-39(65)28-32-41)53-20-9-15-45-43-12-5-8-23-56(43)69-61(45)53/h3-36H,1-2H3. The molecule has 0 saturated carbocycles. The summed E-state index contributed by atoms with van der Waals surface area (Å²) >= 11 is 11.2. The van der Waals surface area contributed by atoms with Crippen LogP contribution in [0.1, 0.15) is 25.0 Å². The van der Waals surface area contributed by atoms with Gasteiger partial charge in [0.1, 0.15) is 5.58 Å². The third kappa shape index (κ3) is 6.35. The number of nitrogens with zero attached hydrogens (tertiary/aromatic N) is 2. The number of thiophene rings is 2. The Balaban J connectivity index is 0.966. The first-order valence-corrected chi connectivity index (χ1v) is 26.7. The van der Waals surface area contributed by atoms with Crippen LogP contribution in [-0.4, -0.2) is 0 Å². The number of rotatable bonds is 7. The summed E-state index contributed by atoms with van der Waals surface area (Å²) in [4.78, 5) is 4.87. The Labute approximate surface area is 429 Å². The third-order valence-electron chi connectivity index (χ3n) is 14.4. The van der Waals surface area contributed by atoms with Gasteiger partial charge in [-0.1, -0.05) is 161 Å². The molecular formula is C63H40Br2N2OS2. The molecule has 1 aliphatic rings. The van der Waals surface area contributed by atoms with Crippen molar-refractivity contribution >= 4 is 151 Å². The Morgan fingerprint density at radius 1 is 0.429 bits per heavy atom. The van der Waals surface area contributed by atoms with Crippen LogP contribution in [0.3, 0.4) is 0 Å². The van der Waals surface area contributed by atoms with E-state index in [1.165, 1.54) is 68.3 Å². The zero-order valence-corrected chi connectivity index (χ0v) is 42.8. The lowest BCUT2D eigenvalue weighted by atomic mass is 9.82. The van der Waals surface area contributed by atoms with Gasteiger partial charge in [-0.3, -0.25) is 0 Å². The van der Waals surface area contributed by atoms with E-state index in [2.05, 4.69) is 262 Å². The predicted molar refractivity (Wildman–Crippen MR) is 307 cm³/mol. The van der Waals surface area contributed by atoms with Crippen molar-refractivity contribution in [1.29, 1.82) is 0 Å². The Bertz CT molecular complexity index is 4260. The van der Waals surface area contributed by atoms with Gasteiger partial charge >= 0.3 is 0 Å². The molecule has 0 fully saturated rings. The molecule has 3 heterocycles. The minimum Gasteiger partial charge on any atom is -0.454 e. The van der Waals surface area contributed by atoms with E-state index in [-0.39, 0.29) is 5.41 Å². The van der Waals surface area contributed by atoms with Gasteiger partial charge in [0.05, 0.1) is 32.1 Å². The summed E-state index contributed by atoms with van der Waals surface area (Å²) in [6, 6.07) is 75.4. The van der Waals surface area contributed by atoms with Gasteiger partial charge in [0.25, 0.3) is 0 Å². The maximum Gasteiger partial charge on any atom is 0.160 e. The number of hydrogen-bond acceptors (Lipinski definition) is 5. The fraction of sp³-hybridized carbons (Fsp3) is 0.0476. The zero-order valence-electron chi connectivity index (χ0n) is 38.0. The highest BCUT2D eigenvalue weighted by atomic mass is 79.9. The number of furan rings is 1. The summed E-state index contributed by atoms with van der Waals surface area (Å²) in [5, 5.41) is 7.25. The van der Waals surface area contributed by atoms with Crippen molar-refractivity contribution < 1.29 is 4.42 Å². The fourth-order valence-electron chi connectivity index (χ4n) is 11.2. The van der Waals surface area contributed by atoms with Crippen LogP contribution < -0.4 is 9.80 Å².